The van der Waals surface area contributed by atoms with Crippen LogP contribution in [0.25, 0.3) is 0 Å². The Kier molecular flexibility index (Phi) is 4.40. The summed E-state index contributed by atoms with van der Waals surface area (Å²) in [5, 5.41) is 9.09. The smallest absolute Gasteiger partial charge is 0.331 e. The molecule has 2 rings (SSSR count). The van der Waals surface area contributed by atoms with Crippen molar-refractivity contribution in [3.05, 3.63) is 11.6 Å². The predicted molar refractivity (Wildman–Crippen MR) is 69.2 cm³/mol. The van der Waals surface area contributed by atoms with E-state index in [0.29, 0.717) is 12.0 Å². The first-order valence-electron chi connectivity index (χ1n) is 6.93. The molecule has 0 aromatic carbocycles. The van der Waals surface area contributed by atoms with Gasteiger partial charge in [-0.1, -0.05) is 26.2 Å². The van der Waals surface area contributed by atoms with Gasteiger partial charge in [0.25, 0.3) is 0 Å². The lowest BCUT2D eigenvalue weighted by Gasteiger charge is -2.35. The molecule has 4 nitrogen and oxygen atoms in total. The second kappa shape index (κ2) is 5.85. The summed E-state index contributed by atoms with van der Waals surface area (Å²) in [5.41, 5.74) is 6.42. The Morgan fingerprint density at radius 1 is 1.39 bits per heavy atom. The Morgan fingerprint density at radius 2 is 2.06 bits per heavy atom. The number of hydrogen-bond donors (Lipinski definition) is 2. The number of hydrogen-bond acceptors (Lipinski definition) is 3. The van der Waals surface area contributed by atoms with E-state index in [4.69, 9.17) is 15.6 Å². The molecule has 18 heavy (non-hydrogen) atoms. The molecular formula is C14H23NO3. The largest absolute Gasteiger partial charge is 0.478 e. The summed E-state index contributed by atoms with van der Waals surface area (Å²) in [4.78, 5) is 11.1. The van der Waals surface area contributed by atoms with Gasteiger partial charge in [-0.3, -0.25) is 0 Å². The Balaban J connectivity index is 2.03. The molecule has 0 heterocycles. The van der Waals surface area contributed by atoms with Gasteiger partial charge in [0.2, 0.25) is 0 Å². The summed E-state index contributed by atoms with van der Waals surface area (Å²) in [5.74, 6) is -0.676. The van der Waals surface area contributed by atoms with Gasteiger partial charge in [-0.2, -0.15) is 0 Å². The molecule has 3 atom stereocenters. The number of rotatable bonds is 3. The SMILES string of the molecule is C[C@@H]1[C@@H](N)CC(C(=O)O)=C[C@H]1OC1CCCCC1. The Bertz CT molecular complexity index is 334. The zero-order valence-electron chi connectivity index (χ0n) is 11.0. The van der Waals surface area contributed by atoms with Gasteiger partial charge in [0.15, 0.2) is 0 Å². The zero-order valence-corrected chi connectivity index (χ0v) is 11.0. The number of nitrogens with two attached hydrogens (primary N) is 1. The molecule has 1 fully saturated rings. The molecule has 4 heteroatoms. The highest BCUT2D eigenvalue weighted by molar-refractivity contribution is 5.87. The van der Waals surface area contributed by atoms with Crippen LogP contribution in [0.5, 0.6) is 0 Å². The van der Waals surface area contributed by atoms with Crippen LogP contribution in [-0.2, 0) is 9.53 Å². The molecule has 2 aliphatic carbocycles. The van der Waals surface area contributed by atoms with Crippen molar-refractivity contribution < 1.29 is 14.6 Å². The summed E-state index contributed by atoms with van der Waals surface area (Å²) in [6, 6.07) is -0.116. The van der Waals surface area contributed by atoms with Crippen molar-refractivity contribution in [1.82, 2.24) is 0 Å². The molecule has 102 valence electrons. The molecular weight excluding hydrogens is 230 g/mol. The molecule has 0 aliphatic heterocycles. The lowest BCUT2D eigenvalue weighted by atomic mass is 9.84. The summed E-state index contributed by atoms with van der Waals surface area (Å²) in [6.45, 7) is 2.05. The van der Waals surface area contributed by atoms with Crippen LogP contribution in [-0.4, -0.2) is 29.3 Å². The van der Waals surface area contributed by atoms with Crippen molar-refractivity contribution >= 4 is 5.97 Å². The Morgan fingerprint density at radius 3 is 2.67 bits per heavy atom. The van der Waals surface area contributed by atoms with Crippen LogP contribution < -0.4 is 5.73 Å². The molecule has 0 unspecified atom stereocenters. The zero-order chi connectivity index (χ0) is 13.1. The minimum Gasteiger partial charge on any atom is -0.478 e. The highest BCUT2D eigenvalue weighted by Crippen LogP contribution is 2.29. The number of carboxylic acid groups (broad SMARTS) is 1. The number of carbonyl (C=O) groups is 1. The summed E-state index contributed by atoms with van der Waals surface area (Å²) < 4.78 is 6.08. The maximum Gasteiger partial charge on any atom is 0.331 e. The summed E-state index contributed by atoms with van der Waals surface area (Å²) >= 11 is 0. The molecule has 0 saturated heterocycles. The topological polar surface area (TPSA) is 72.6 Å². The summed E-state index contributed by atoms with van der Waals surface area (Å²) in [7, 11) is 0. The highest BCUT2D eigenvalue weighted by atomic mass is 16.5. The third kappa shape index (κ3) is 3.12. The highest BCUT2D eigenvalue weighted by Gasteiger charge is 2.32. The van der Waals surface area contributed by atoms with Crippen molar-refractivity contribution in [1.29, 1.82) is 0 Å². The van der Waals surface area contributed by atoms with E-state index in [2.05, 4.69) is 0 Å². The second-order valence-corrected chi connectivity index (χ2v) is 5.58. The van der Waals surface area contributed by atoms with E-state index in [0.717, 1.165) is 12.8 Å². The van der Waals surface area contributed by atoms with Crippen molar-refractivity contribution in [3.8, 4) is 0 Å². The number of carboxylic acids is 1. The van der Waals surface area contributed by atoms with Crippen LogP contribution in [0.4, 0.5) is 0 Å². The van der Waals surface area contributed by atoms with E-state index in [-0.39, 0.29) is 24.2 Å². The lowest BCUT2D eigenvalue weighted by molar-refractivity contribution is -0.133. The molecule has 0 spiro atoms. The minimum atomic E-state index is -0.866. The maximum absolute atomic E-state index is 11.1. The fraction of sp³-hybridized carbons (Fsp3) is 0.786. The second-order valence-electron chi connectivity index (χ2n) is 5.58. The van der Waals surface area contributed by atoms with Gasteiger partial charge in [-0.15, -0.1) is 0 Å². The molecule has 0 aromatic heterocycles. The normalized spacial score (nSPS) is 34.1. The maximum atomic E-state index is 11.1. The first-order chi connectivity index (χ1) is 8.58. The van der Waals surface area contributed by atoms with E-state index in [9.17, 15) is 4.79 Å². The average molecular weight is 253 g/mol. The van der Waals surface area contributed by atoms with Crippen LogP contribution in [0.15, 0.2) is 11.6 Å². The monoisotopic (exact) mass is 253 g/mol. The van der Waals surface area contributed by atoms with Crippen molar-refractivity contribution in [2.75, 3.05) is 0 Å². The van der Waals surface area contributed by atoms with Gasteiger partial charge in [0.05, 0.1) is 12.2 Å². The standard InChI is InChI=1S/C14H23NO3/c1-9-12(15)7-10(14(16)17)8-13(9)18-11-5-3-2-4-6-11/h8-9,11-13H,2-7,15H2,1H3,(H,16,17)/t9-,12+,13-/m1/s1. The minimum absolute atomic E-state index is 0.116. The van der Waals surface area contributed by atoms with Gasteiger partial charge < -0.3 is 15.6 Å². The van der Waals surface area contributed by atoms with Crippen molar-refractivity contribution in [2.24, 2.45) is 11.7 Å². The van der Waals surface area contributed by atoms with E-state index in [1.807, 2.05) is 6.92 Å². The predicted octanol–water partition coefficient (Wildman–Crippen LogP) is 2.08. The lowest BCUT2D eigenvalue weighted by Crippen LogP contribution is -2.42. The first kappa shape index (κ1) is 13.6. The van der Waals surface area contributed by atoms with Gasteiger partial charge in [-0.05, 0) is 25.3 Å². The van der Waals surface area contributed by atoms with Gasteiger partial charge >= 0.3 is 5.97 Å². The van der Waals surface area contributed by atoms with Gasteiger partial charge in [0.1, 0.15) is 0 Å². The van der Waals surface area contributed by atoms with E-state index in [1.54, 1.807) is 6.08 Å². The van der Waals surface area contributed by atoms with E-state index in [1.165, 1.54) is 19.3 Å². The van der Waals surface area contributed by atoms with Crippen LogP contribution in [0, 0.1) is 5.92 Å². The quantitative estimate of drug-likeness (QED) is 0.807. The summed E-state index contributed by atoms with van der Waals surface area (Å²) in [6.07, 6.45) is 8.26. The third-order valence-corrected chi connectivity index (χ3v) is 4.19. The molecule has 0 radical (unpaired) electrons. The molecule has 0 amide bonds. The van der Waals surface area contributed by atoms with Crippen LogP contribution >= 0.6 is 0 Å². The molecule has 1 saturated carbocycles. The molecule has 0 aromatic rings. The number of aliphatic carboxylic acids is 1. The first-order valence-corrected chi connectivity index (χ1v) is 6.93. The molecule has 0 bridgehead atoms. The fourth-order valence-electron chi connectivity index (χ4n) is 2.85. The Hall–Kier alpha value is -0.870. The van der Waals surface area contributed by atoms with Gasteiger partial charge in [-0.25, -0.2) is 4.79 Å². The van der Waals surface area contributed by atoms with Crippen molar-refractivity contribution in [3.63, 3.8) is 0 Å². The fourth-order valence-corrected chi connectivity index (χ4v) is 2.85. The third-order valence-electron chi connectivity index (χ3n) is 4.19. The number of ether oxygens (including phenoxy) is 1. The molecule has 3 N–H and O–H groups in total. The van der Waals surface area contributed by atoms with Crippen LogP contribution in [0.2, 0.25) is 0 Å². The van der Waals surface area contributed by atoms with Crippen LogP contribution in [0.3, 0.4) is 0 Å². The van der Waals surface area contributed by atoms with Gasteiger partial charge in [0, 0.05) is 17.5 Å². The van der Waals surface area contributed by atoms with E-state index >= 15 is 0 Å². The van der Waals surface area contributed by atoms with E-state index < -0.39 is 5.97 Å². The van der Waals surface area contributed by atoms with Crippen molar-refractivity contribution in [2.45, 2.75) is 63.7 Å². The molecule has 2 aliphatic rings. The van der Waals surface area contributed by atoms with Crippen LogP contribution in [0.1, 0.15) is 45.4 Å². The Labute approximate surface area is 108 Å². The average Bonchev–Trinajstić information content (AvgIpc) is 2.35.